The zero-order chi connectivity index (χ0) is 29.5. The van der Waals surface area contributed by atoms with Gasteiger partial charge in [-0.05, 0) is 128 Å². The van der Waals surface area contributed by atoms with Crippen LogP contribution in [0, 0.1) is 62.6 Å². The molecule has 6 fully saturated rings. The molecule has 1 saturated heterocycles. The van der Waals surface area contributed by atoms with Crippen LogP contribution in [-0.2, 0) is 9.47 Å². The molecule has 8 rings (SSSR count). The molecule has 0 amide bonds. The van der Waals surface area contributed by atoms with E-state index in [1.807, 2.05) is 11.1 Å². The first-order valence-electron chi connectivity index (χ1n) is 18.0. The first-order valence-corrected chi connectivity index (χ1v) is 18.0. The van der Waals surface area contributed by atoms with Crippen LogP contribution in [0.5, 0.6) is 0 Å². The van der Waals surface area contributed by atoms with E-state index in [-0.39, 0.29) is 17.1 Å². The Morgan fingerprint density at radius 1 is 1.07 bits per heavy atom. The minimum atomic E-state index is -0.232. The molecule has 6 unspecified atom stereocenters. The molecule has 2 spiro atoms. The SMILES string of the molecule is C/C=C1/C[C@@](C)(C2CCC3C(=CC[C@]45C=C6C[C@]([C@H](C)C(C)C)(CCC34C)[C@@H]65)C23CC3C)C1OCC1(N)CCOCC1. The van der Waals surface area contributed by atoms with Crippen molar-refractivity contribution in [1.29, 1.82) is 0 Å². The van der Waals surface area contributed by atoms with Gasteiger partial charge in [0.1, 0.15) is 0 Å². The lowest BCUT2D eigenvalue weighted by atomic mass is 9.25. The van der Waals surface area contributed by atoms with E-state index in [4.69, 9.17) is 15.2 Å². The maximum Gasteiger partial charge on any atom is 0.0845 e. The van der Waals surface area contributed by atoms with Crippen molar-refractivity contribution in [3.63, 3.8) is 0 Å². The average molecular weight is 574 g/mol. The highest BCUT2D eigenvalue weighted by Crippen LogP contribution is 2.85. The van der Waals surface area contributed by atoms with E-state index in [9.17, 15) is 0 Å². The van der Waals surface area contributed by atoms with E-state index in [1.54, 1.807) is 0 Å². The van der Waals surface area contributed by atoms with Gasteiger partial charge in [-0.25, -0.2) is 0 Å². The average Bonchev–Trinajstić information content (AvgIpc) is 3.59. The zero-order valence-corrected chi connectivity index (χ0v) is 27.9. The van der Waals surface area contributed by atoms with E-state index in [1.165, 1.54) is 56.9 Å². The van der Waals surface area contributed by atoms with Gasteiger partial charge in [-0.2, -0.15) is 0 Å². The van der Waals surface area contributed by atoms with Crippen molar-refractivity contribution in [2.45, 2.75) is 124 Å². The third kappa shape index (κ3) is 3.25. The van der Waals surface area contributed by atoms with Gasteiger partial charge >= 0.3 is 0 Å². The van der Waals surface area contributed by atoms with E-state index in [0.29, 0.717) is 28.3 Å². The molecule has 1 heterocycles. The van der Waals surface area contributed by atoms with Gasteiger partial charge in [0.15, 0.2) is 0 Å². The second-order valence-corrected chi connectivity index (χ2v) is 18.0. The molecule has 0 bridgehead atoms. The largest absolute Gasteiger partial charge is 0.381 e. The Morgan fingerprint density at radius 2 is 1.81 bits per heavy atom. The number of rotatable bonds is 6. The summed E-state index contributed by atoms with van der Waals surface area (Å²) in [5.41, 5.74) is 14.0. The van der Waals surface area contributed by atoms with Gasteiger partial charge in [-0.15, -0.1) is 0 Å². The summed E-state index contributed by atoms with van der Waals surface area (Å²) in [7, 11) is 0. The second kappa shape index (κ2) is 8.88. The van der Waals surface area contributed by atoms with Crippen LogP contribution in [0.3, 0.4) is 0 Å². The Kier molecular flexibility index (Phi) is 6.04. The molecule has 3 heteroatoms. The molecule has 0 aromatic rings. The summed E-state index contributed by atoms with van der Waals surface area (Å²) in [4.78, 5) is 0. The van der Waals surface area contributed by atoms with Gasteiger partial charge in [0, 0.05) is 29.6 Å². The fraction of sp³-hybridized carbons (Fsp3) is 0.846. The lowest BCUT2D eigenvalue weighted by molar-refractivity contribution is -0.203. The smallest absolute Gasteiger partial charge is 0.0845 e. The molecule has 2 N–H and O–H groups in total. The summed E-state index contributed by atoms with van der Waals surface area (Å²) in [5, 5.41) is 0. The van der Waals surface area contributed by atoms with Gasteiger partial charge < -0.3 is 15.2 Å². The fourth-order valence-corrected chi connectivity index (χ4v) is 13.5. The van der Waals surface area contributed by atoms with Crippen molar-refractivity contribution in [3.8, 4) is 0 Å². The molecular formula is C39H59NO2. The summed E-state index contributed by atoms with van der Waals surface area (Å²) in [6.45, 7) is 19.9. The van der Waals surface area contributed by atoms with Crippen LogP contribution in [0.2, 0.25) is 0 Å². The Hall–Kier alpha value is -0.900. The van der Waals surface area contributed by atoms with Gasteiger partial charge in [-0.1, -0.05) is 70.9 Å². The maximum absolute atomic E-state index is 6.92. The van der Waals surface area contributed by atoms with Crippen LogP contribution in [0.4, 0.5) is 0 Å². The van der Waals surface area contributed by atoms with Crippen LogP contribution in [-0.4, -0.2) is 31.5 Å². The quantitative estimate of drug-likeness (QED) is 0.324. The van der Waals surface area contributed by atoms with Gasteiger partial charge in [-0.3, -0.25) is 0 Å². The summed E-state index contributed by atoms with van der Waals surface area (Å²) in [6.07, 6.45) is 21.1. The van der Waals surface area contributed by atoms with Gasteiger partial charge in [0.05, 0.1) is 12.7 Å². The molecule has 8 aliphatic rings. The van der Waals surface area contributed by atoms with Crippen molar-refractivity contribution in [2.24, 2.45) is 68.3 Å². The van der Waals surface area contributed by atoms with E-state index < -0.39 is 0 Å². The normalized spacial score (nSPS) is 53.1. The highest BCUT2D eigenvalue weighted by atomic mass is 16.5. The molecule has 11 atom stereocenters. The van der Waals surface area contributed by atoms with Crippen molar-refractivity contribution in [3.05, 3.63) is 34.9 Å². The number of ether oxygens (including phenoxy) is 2. The van der Waals surface area contributed by atoms with Crippen LogP contribution in [0.25, 0.3) is 0 Å². The summed E-state index contributed by atoms with van der Waals surface area (Å²) < 4.78 is 12.6. The molecule has 0 aromatic carbocycles. The zero-order valence-electron chi connectivity index (χ0n) is 27.9. The summed E-state index contributed by atoms with van der Waals surface area (Å²) >= 11 is 0. The van der Waals surface area contributed by atoms with E-state index in [2.05, 4.69) is 66.7 Å². The Morgan fingerprint density at radius 3 is 2.45 bits per heavy atom. The van der Waals surface area contributed by atoms with Crippen LogP contribution < -0.4 is 5.73 Å². The number of nitrogens with two attached hydrogens (primary N) is 1. The third-order valence-corrected chi connectivity index (χ3v) is 16.3. The molecule has 3 nitrogen and oxygen atoms in total. The number of hydrogen-bond acceptors (Lipinski definition) is 3. The van der Waals surface area contributed by atoms with Crippen molar-refractivity contribution >= 4 is 0 Å². The Balaban J connectivity index is 1.10. The van der Waals surface area contributed by atoms with Crippen molar-refractivity contribution in [1.82, 2.24) is 0 Å². The number of hydrogen-bond donors (Lipinski definition) is 1. The predicted molar refractivity (Wildman–Crippen MR) is 171 cm³/mol. The molecule has 0 aromatic heterocycles. The van der Waals surface area contributed by atoms with Crippen LogP contribution in [0.15, 0.2) is 34.9 Å². The molecule has 7 aliphatic carbocycles. The van der Waals surface area contributed by atoms with Gasteiger partial charge in [0.2, 0.25) is 0 Å². The topological polar surface area (TPSA) is 44.5 Å². The third-order valence-electron chi connectivity index (χ3n) is 16.3. The first kappa shape index (κ1) is 28.6. The Labute approximate surface area is 256 Å². The maximum atomic E-state index is 6.92. The fourth-order valence-electron chi connectivity index (χ4n) is 13.5. The lowest BCUT2D eigenvalue weighted by Gasteiger charge is -2.78. The van der Waals surface area contributed by atoms with Gasteiger partial charge in [0.25, 0.3) is 0 Å². The molecular weight excluding hydrogens is 514 g/mol. The number of fused-ring (bicyclic) bond motifs is 3. The lowest BCUT2D eigenvalue weighted by Crippen LogP contribution is -2.71. The predicted octanol–water partition coefficient (Wildman–Crippen LogP) is 8.64. The molecule has 232 valence electrons. The molecule has 5 saturated carbocycles. The first-order chi connectivity index (χ1) is 19.9. The van der Waals surface area contributed by atoms with Crippen LogP contribution >= 0.6 is 0 Å². The highest BCUT2D eigenvalue weighted by molar-refractivity contribution is 5.50. The molecule has 0 radical (unpaired) electrons. The summed E-state index contributed by atoms with van der Waals surface area (Å²) in [5.74, 6) is 4.79. The van der Waals surface area contributed by atoms with E-state index >= 15 is 0 Å². The van der Waals surface area contributed by atoms with Crippen LogP contribution in [0.1, 0.15) is 113 Å². The highest BCUT2D eigenvalue weighted by Gasteiger charge is 2.78. The summed E-state index contributed by atoms with van der Waals surface area (Å²) in [6, 6.07) is 0. The van der Waals surface area contributed by atoms with E-state index in [0.717, 1.165) is 61.6 Å². The minimum absolute atomic E-state index is 0.210. The Bertz CT molecular complexity index is 1250. The second-order valence-electron chi connectivity index (χ2n) is 18.0. The molecule has 42 heavy (non-hydrogen) atoms. The molecule has 1 aliphatic heterocycles. The van der Waals surface area contributed by atoms with Crippen molar-refractivity contribution in [2.75, 3.05) is 19.8 Å². The monoisotopic (exact) mass is 573 g/mol. The number of allylic oxidation sites excluding steroid dienone is 5. The minimum Gasteiger partial charge on any atom is -0.381 e. The standard InChI is InChI=1S/C39H59NO2/c1-8-27-20-34(6,33(27)42-23-36(40)15-17-41-18-16-36)31-10-9-29-30(39(31)19-25(39)4)11-12-38-22-28-21-37(32(28)38,26(5)24(2)3)14-13-35(29,38)7/h8,11,22,24-26,29,31-33H,9-10,12-21,23,40H2,1-7H3/b27-8-/t25?,26-,29?,31?,32-,33?,34+,35?,37+,38-,39?/m1/s1. The van der Waals surface area contributed by atoms with Crippen molar-refractivity contribution < 1.29 is 9.47 Å².